The number of likely N-dealkylation sites (tertiary alicyclic amines) is 1. The first-order valence-electron chi connectivity index (χ1n) is 8.96. The third-order valence-electron chi connectivity index (χ3n) is 4.75. The number of benzene rings is 2. The number of thioether (sulfide) groups is 1. The Morgan fingerprint density at radius 1 is 1.16 bits per heavy atom. The van der Waals surface area contributed by atoms with Crippen molar-refractivity contribution in [1.29, 1.82) is 0 Å². The van der Waals surface area contributed by atoms with E-state index in [1.54, 1.807) is 11.8 Å². The maximum absolute atomic E-state index is 12.5. The molecule has 1 saturated heterocycles. The highest BCUT2D eigenvalue weighted by Crippen LogP contribution is 2.16. The van der Waals surface area contributed by atoms with Crippen molar-refractivity contribution >= 4 is 17.7 Å². The van der Waals surface area contributed by atoms with Gasteiger partial charge in [0.1, 0.15) is 0 Å². The number of hydrogen-bond acceptors (Lipinski definition) is 3. The van der Waals surface area contributed by atoms with Gasteiger partial charge < -0.3 is 10.2 Å². The van der Waals surface area contributed by atoms with Crippen LogP contribution in [0.25, 0.3) is 0 Å². The smallest absolute Gasteiger partial charge is 0.251 e. The highest BCUT2D eigenvalue weighted by atomic mass is 32.2. The molecular formula is C21H26N2OS. The van der Waals surface area contributed by atoms with Gasteiger partial charge in [-0.2, -0.15) is 0 Å². The van der Waals surface area contributed by atoms with Crippen molar-refractivity contribution < 1.29 is 4.79 Å². The van der Waals surface area contributed by atoms with E-state index in [0.717, 1.165) is 44.5 Å². The summed E-state index contributed by atoms with van der Waals surface area (Å²) in [5.41, 5.74) is 2.13. The fourth-order valence-electron chi connectivity index (χ4n) is 3.32. The van der Waals surface area contributed by atoms with Crippen LogP contribution >= 0.6 is 11.8 Å². The minimum Gasteiger partial charge on any atom is -0.348 e. The van der Waals surface area contributed by atoms with Crippen LogP contribution < -0.4 is 5.32 Å². The van der Waals surface area contributed by atoms with Gasteiger partial charge in [0.15, 0.2) is 0 Å². The Labute approximate surface area is 154 Å². The first-order valence-corrected chi connectivity index (χ1v) is 10.2. The summed E-state index contributed by atoms with van der Waals surface area (Å²) in [6, 6.07) is 18.7. The van der Waals surface area contributed by atoms with Gasteiger partial charge in [-0.1, -0.05) is 30.3 Å². The van der Waals surface area contributed by atoms with E-state index >= 15 is 0 Å². The number of hydrogen-bond donors (Lipinski definition) is 1. The second kappa shape index (κ2) is 9.07. The lowest BCUT2D eigenvalue weighted by molar-refractivity contribution is 0.0904. The molecule has 1 atom stereocenters. The predicted molar refractivity (Wildman–Crippen MR) is 105 cm³/mol. The fourth-order valence-corrected chi connectivity index (χ4v) is 3.73. The molecule has 2 aromatic rings. The van der Waals surface area contributed by atoms with Crippen LogP contribution in [0.5, 0.6) is 0 Å². The average Bonchev–Trinajstić information content (AvgIpc) is 2.67. The molecule has 0 aromatic heterocycles. The second-order valence-electron chi connectivity index (χ2n) is 6.58. The standard InChI is InChI=1S/C21H26N2OS/c1-25-20-11-9-18(10-12-20)21(24)22-19-8-5-14-23(16-19)15-13-17-6-3-2-4-7-17/h2-4,6-7,9-12,19H,5,8,13-16H2,1H3,(H,22,24)/t19-/m0/s1. The molecule has 1 aliphatic rings. The lowest BCUT2D eigenvalue weighted by Gasteiger charge is -2.33. The second-order valence-corrected chi connectivity index (χ2v) is 7.46. The zero-order valence-electron chi connectivity index (χ0n) is 14.8. The van der Waals surface area contributed by atoms with E-state index in [0.29, 0.717) is 0 Å². The average molecular weight is 355 g/mol. The van der Waals surface area contributed by atoms with Gasteiger partial charge in [-0.15, -0.1) is 11.8 Å². The van der Waals surface area contributed by atoms with E-state index in [1.165, 1.54) is 10.5 Å². The zero-order chi connectivity index (χ0) is 17.5. The van der Waals surface area contributed by atoms with Crippen molar-refractivity contribution in [1.82, 2.24) is 10.2 Å². The number of amides is 1. The molecule has 0 radical (unpaired) electrons. The molecule has 0 aliphatic carbocycles. The fraction of sp³-hybridized carbons (Fsp3) is 0.381. The third-order valence-corrected chi connectivity index (χ3v) is 5.50. The lowest BCUT2D eigenvalue weighted by Crippen LogP contribution is -2.48. The zero-order valence-corrected chi connectivity index (χ0v) is 15.6. The molecule has 1 fully saturated rings. The van der Waals surface area contributed by atoms with Crippen LogP contribution in [0.2, 0.25) is 0 Å². The SMILES string of the molecule is CSc1ccc(C(=O)N[C@H]2CCCN(CCc3ccccc3)C2)cc1. The normalized spacial score (nSPS) is 18.0. The Bertz CT molecular complexity index is 672. The van der Waals surface area contributed by atoms with Crippen LogP contribution in [0.15, 0.2) is 59.5 Å². The molecule has 1 heterocycles. The monoisotopic (exact) mass is 354 g/mol. The van der Waals surface area contributed by atoms with Crippen LogP contribution in [0.1, 0.15) is 28.8 Å². The van der Waals surface area contributed by atoms with Crippen LogP contribution in [-0.4, -0.2) is 42.7 Å². The summed E-state index contributed by atoms with van der Waals surface area (Å²) >= 11 is 1.69. The Balaban J connectivity index is 1.49. The Morgan fingerprint density at radius 2 is 1.92 bits per heavy atom. The van der Waals surface area contributed by atoms with Crippen molar-refractivity contribution in [2.45, 2.75) is 30.2 Å². The quantitative estimate of drug-likeness (QED) is 0.800. The van der Waals surface area contributed by atoms with Crippen LogP contribution in [0.4, 0.5) is 0 Å². The van der Waals surface area contributed by atoms with Crippen molar-refractivity contribution in [2.75, 3.05) is 25.9 Å². The van der Waals surface area contributed by atoms with E-state index in [4.69, 9.17) is 0 Å². The number of carbonyl (C=O) groups is 1. The summed E-state index contributed by atoms with van der Waals surface area (Å²) in [6.45, 7) is 3.13. The first-order chi connectivity index (χ1) is 12.2. The molecule has 0 bridgehead atoms. The van der Waals surface area contributed by atoms with E-state index in [2.05, 4.69) is 40.5 Å². The van der Waals surface area contributed by atoms with Gasteiger partial charge in [-0.25, -0.2) is 0 Å². The first kappa shape index (κ1) is 18.0. The minimum atomic E-state index is 0.0440. The molecule has 3 rings (SSSR count). The summed E-state index contributed by atoms with van der Waals surface area (Å²) in [4.78, 5) is 16.1. The van der Waals surface area contributed by atoms with Crippen molar-refractivity contribution in [2.24, 2.45) is 0 Å². The number of carbonyl (C=O) groups excluding carboxylic acids is 1. The maximum atomic E-state index is 12.5. The Morgan fingerprint density at radius 3 is 2.64 bits per heavy atom. The summed E-state index contributed by atoms with van der Waals surface area (Å²) in [5.74, 6) is 0.0440. The molecule has 1 amide bonds. The molecule has 1 aliphatic heterocycles. The molecule has 0 spiro atoms. The van der Waals surface area contributed by atoms with E-state index < -0.39 is 0 Å². The van der Waals surface area contributed by atoms with Gasteiger partial charge in [0.05, 0.1) is 0 Å². The molecule has 25 heavy (non-hydrogen) atoms. The van der Waals surface area contributed by atoms with E-state index in [-0.39, 0.29) is 11.9 Å². The van der Waals surface area contributed by atoms with Gasteiger partial charge in [0.2, 0.25) is 0 Å². The molecule has 132 valence electrons. The summed E-state index contributed by atoms with van der Waals surface area (Å²) in [7, 11) is 0. The molecule has 3 nitrogen and oxygen atoms in total. The van der Waals surface area contributed by atoms with Crippen LogP contribution in [-0.2, 0) is 6.42 Å². The van der Waals surface area contributed by atoms with Gasteiger partial charge in [-0.3, -0.25) is 4.79 Å². The number of piperidine rings is 1. The van der Waals surface area contributed by atoms with Gasteiger partial charge in [0, 0.05) is 29.6 Å². The Hall–Kier alpha value is -1.78. The highest BCUT2D eigenvalue weighted by molar-refractivity contribution is 7.98. The highest BCUT2D eigenvalue weighted by Gasteiger charge is 2.21. The van der Waals surface area contributed by atoms with Gasteiger partial charge in [0.25, 0.3) is 5.91 Å². The van der Waals surface area contributed by atoms with E-state index in [1.807, 2.05) is 30.5 Å². The molecule has 1 N–H and O–H groups in total. The number of nitrogens with zero attached hydrogens (tertiary/aromatic N) is 1. The number of rotatable bonds is 6. The maximum Gasteiger partial charge on any atom is 0.251 e. The third kappa shape index (κ3) is 5.35. The molecular weight excluding hydrogens is 328 g/mol. The molecule has 0 unspecified atom stereocenters. The van der Waals surface area contributed by atoms with Crippen LogP contribution in [0, 0.1) is 0 Å². The van der Waals surface area contributed by atoms with Crippen molar-refractivity contribution in [3.8, 4) is 0 Å². The molecule has 0 saturated carbocycles. The van der Waals surface area contributed by atoms with Crippen molar-refractivity contribution in [3.05, 3.63) is 65.7 Å². The van der Waals surface area contributed by atoms with Crippen molar-refractivity contribution in [3.63, 3.8) is 0 Å². The topological polar surface area (TPSA) is 32.3 Å². The van der Waals surface area contributed by atoms with Gasteiger partial charge >= 0.3 is 0 Å². The molecule has 4 heteroatoms. The minimum absolute atomic E-state index is 0.0440. The summed E-state index contributed by atoms with van der Waals surface area (Å²) < 4.78 is 0. The van der Waals surface area contributed by atoms with Gasteiger partial charge in [-0.05, 0) is 61.9 Å². The predicted octanol–water partition coefficient (Wildman–Crippen LogP) is 3.85. The lowest BCUT2D eigenvalue weighted by atomic mass is 10.0. The van der Waals surface area contributed by atoms with E-state index in [9.17, 15) is 4.79 Å². The summed E-state index contributed by atoms with van der Waals surface area (Å²) in [6.07, 6.45) is 5.32. The molecule has 2 aromatic carbocycles. The van der Waals surface area contributed by atoms with Crippen LogP contribution in [0.3, 0.4) is 0 Å². The Kier molecular flexibility index (Phi) is 6.54. The number of nitrogens with one attached hydrogen (secondary N) is 1. The largest absolute Gasteiger partial charge is 0.348 e. The summed E-state index contributed by atoms with van der Waals surface area (Å²) in [5, 5.41) is 3.21.